The second-order valence-corrected chi connectivity index (χ2v) is 10.1. The number of nitrogens with zero attached hydrogens (tertiary/aromatic N) is 2. The largest absolute Gasteiger partial charge is 0.435 e. The van der Waals surface area contributed by atoms with Crippen LogP contribution >= 0.6 is 0 Å². The summed E-state index contributed by atoms with van der Waals surface area (Å²) in [5, 5.41) is -6.29. The Hall–Kier alpha value is -0.570. The number of hydrogen-bond acceptors (Lipinski definition) is 5. The molecule has 2 fully saturated rings. The van der Waals surface area contributed by atoms with Crippen molar-refractivity contribution < 1.29 is 43.3 Å². The molecule has 0 aromatic rings. The Bertz CT molecular complexity index is 732. The van der Waals surface area contributed by atoms with Crippen LogP contribution in [0.15, 0.2) is 0 Å². The third-order valence-electron chi connectivity index (χ3n) is 4.95. The van der Waals surface area contributed by atoms with Gasteiger partial charge in [-0.15, -0.1) is 0 Å². The first-order chi connectivity index (χ1) is 12.2. The molecule has 160 valence electrons. The highest BCUT2D eigenvalue weighted by Gasteiger charge is 2.73. The van der Waals surface area contributed by atoms with Crippen molar-refractivity contribution in [1.82, 2.24) is 9.21 Å². The molecule has 0 aliphatic carbocycles. The molecule has 2 saturated heterocycles. The van der Waals surface area contributed by atoms with Gasteiger partial charge in [0.2, 0.25) is 0 Å². The third kappa shape index (κ3) is 4.23. The van der Waals surface area contributed by atoms with Crippen LogP contribution in [0.3, 0.4) is 0 Å². The van der Waals surface area contributed by atoms with E-state index in [1.165, 1.54) is 0 Å². The molecule has 0 amide bonds. The lowest BCUT2D eigenvalue weighted by Gasteiger charge is -2.40. The highest BCUT2D eigenvalue weighted by Crippen LogP contribution is 2.44. The molecule has 2 aliphatic heterocycles. The Kier molecular flexibility index (Phi) is 6.47. The van der Waals surface area contributed by atoms with E-state index in [4.69, 9.17) is 4.55 Å². The maximum absolute atomic E-state index is 14.0. The van der Waals surface area contributed by atoms with Gasteiger partial charge in [-0.3, -0.25) is 4.55 Å². The fourth-order valence-electron chi connectivity index (χ4n) is 3.37. The van der Waals surface area contributed by atoms with Crippen molar-refractivity contribution in [3.63, 3.8) is 0 Å². The fourth-order valence-corrected chi connectivity index (χ4v) is 5.39. The summed E-state index contributed by atoms with van der Waals surface area (Å²) in [6.07, 6.45) is 3.45. The van der Waals surface area contributed by atoms with E-state index in [1.807, 2.05) is 0 Å². The number of sulfonamides is 1. The van der Waals surface area contributed by atoms with Gasteiger partial charge < -0.3 is 4.90 Å². The molecule has 2 rings (SSSR count). The maximum atomic E-state index is 14.0. The first kappa shape index (κ1) is 22.7. The molecule has 0 spiro atoms. The normalized spacial score (nSPS) is 24.1. The SMILES string of the molecule is O=S(=O)(C(F)C(F)(F)C(F)(F)S(=O)(=O)O)N1CCC(N2CCCCC2)CC1. The fraction of sp³-hybridized carbons (Fsp3) is 1.00. The minimum Gasteiger partial charge on any atom is -0.300 e. The van der Waals surface area contributed by atoms with Gasteiger partial charge >= 0.3 is 21.3 Å². The molecular weight excluding hydrogens is 423 g/mol. The number of rotatable bonds is 6. The molecule has 2 heterocycles. The number of alkyl halides is 5. The number of hydrogen-bond donors (Lipinski definition) is 1. The van der Waals surface area contributed by atoms with Crippen molar-refractivity contribution >= 4 is 20.1 Å². The van der Waals surface area contributed by atoms with Gasteiger partial charge in [-0.05, 0) is 38.8 Å². The van der Waals surface area contributed by atoms with Crippen molar-refractivity contribution in [3.8, 4) is 0 Å². The Labute approximate surface area is 154 Å². The highest BCUT2D eigenvalue weighted by atomic mass is 32.2. The van der Waals surface area contributed by atoms with Crippen molar-refractivity contribution in [1.29, 1.82) is 0 Å². The molecule has 1 N–H and O–H groups in total. The van der Waals surface area contributed by atoms with Crippen LogP contribution in [-0.4, -0.2) is 79.5 Å². The standard InChI is InChI=1S/C13H21F5N2O5S2/c14-11(12(15,16)13(17,18)27(23,24)25)26(21,22)20-8-4-10(5-9-20)19-6-2-1-3-7-19/h10-11H,1-9H2,(H,23,24,25). The molecule has 2 aliphatic rings. The summed E-state index contributed by atoms with van der Waals surface area (Å²) in [7, 11) is -12.3. The van der Waals surface area contributed by atoms with Crippen molar-refractivity contribution in [2.45, 2.75) is 54.8 Å². The summed E-state index contributed by atoms with van der Waals surface area (Å²) in [4.78, 5) is 2.13. The summed E-state index contributed by atoms with van der Waals surface area (Å²) in [5.41, 5.74) is -4.52. The van der Waals surface area contributed by atoms with Gasteiger partial charge in [0.05, 0.1) is 0 Å². The molecule has 0 saturated carbocycles. The van der Waals surface area contributed by atoms with Gasteiger partial charge in [-0.2, -0.15) is 30.3 Å². The molecule has 27 heavy (non-hydrogen) atoms. The molecule has 7 nitrogen and oxygen atoms in total. The van der Waals surface area contributed by atoms with Crippen LogP contribution in [0.4, 0.5) is 22.0 Å². The Balaban J connectivity index is 2.11. The maximum Gasteiger partial charge on any atom is 0.435 e. The average molecular weight is 444 g/mol. The predicted molar refractivity (Wildman–Crippen MR) is 85.3 cm³/mol. The minimum atomic E-state index is -6.73. The summed E-state index contributed by atoms with van der Waals surface area (Å²) in [6.45, 7) is 0.915. The van der Waals surface area contributed by atoms with E-state index < -0.39 is 36.8 Å². The van der Waals surface area contributed by atoms with Crippen LogP contribution in [-0.2, 0) is 20.1 Å². The summed E-state index contributed by atoms with van der Waals surface area (Å²) >= 11 is 0. The lowest BCUT2D eigenvalue weighted by Crippen LogP contribution is -2.58. The van der Waals surface area contributed by atoms with Gasteiger partial charge in [0.1, 0.15) is 0 Å². The van der Waals surface area contributed by atoms with Crippen LogP contribution in [0.2, 0.25) is 0 Å². The van der Waals surface area contributed by atoms with Crippen LogP contribution in [0.1, 0.15) is 32.1 Å². The molecular formula is C13H21F5N2O5S2. The highest BCUT2D eigenvalue weighted by molar-refractivity contribution is 7.90. The van der Waals surface area contributed by atoms with E-state index in [-0.39, 0.29) is 32.0 Å². The van der Waals surface area contributed by atoms with Crippen LogP contribution in [0.5, 0.6) is 0 Å². The van der Waals surface area contributed by atoms with Crippen LogP contribution in [0, 0.1) is 0 Å². The molecule has 0 aromatic carbocycles. The zero-order valence-corrected chi connectivity index (χ0v) is 15.8. The van der Waals surface area contributed by atoms with Gasteiger partial charge in [0.25, 0.3) is 15.5 Å². The number of piperidine rings is 2. The first-order valence-corrected chi connectivity index (χ1v) is 11.3. The van der Waals surface area contributed by atoms with E-state index in [2.05, 4.69) is 4.90 Å². The Morgan fingerprint density at radius 1 is 0.889 bits per heavy atom. The van der Waals surface area contributed by atoms with E-state index in [9.17, 15) is 38.8 Å². The Morgan fingerprint density at radius 2 is 1.37 bits per heavy atom. The Morgan fingerprint density at radius 3 is 1.81 bits per heavy atom. The minimum absolute atomic E-state index is 0.0189. The lowest BCUT2D eigenvalue weighted by atomic mass is 10.0. The summed E-state index contributed by atoms with van der Waals surface area (Å²) in [6, 6.07) is -0.0189. The van der Waals surface area contributed by atoms with E-state index in [1.54, 1.807) is 0 Å². The van der Waals surface area contributed by atoms with Crippen molar-refractivity contribution in [2.24, 2.45) is 0 Å². The van der Waals surface area contributed by atoms with Gasteiger partial charge in [-0.25, -0.2) is 12.8 Å². The van der Waals surface area contributed by atoms with E-state index in [0.717, 1.165) is 32.4 Å². The van der Waals surface area contributed by atoms with Gasteiger partial charge in [0, 0.05) is 19.1 Å². The van der Waals surface area contributed by atoms with Gasteiger partial charge in [0.15, 0.2) is 0 Å². The van der Waals surface area contributed by atoms with E-state index in [0.29, 0.717) is 4.31 Å². The van der Waals surface area contributed by atoms with Crippen LogP contribution in [0.25, 0.3) is 0 Å². The molecule has 0 bridgehead atoms. The number of likely N-dealkylation sites (tertiary alicyclic amines) is 1. The molecule has 0 radical (unpaired) electrons. The lowest BCUT2D eigenvalue weighted by molar-refractivity contribution is -0.179. The van der Waals surface area contributed by atoms with E-state index >= 15 is 0 Å². The first-order valence-electron chi connectivity index (χ1n) is 8.32. The van der Waals surface area contributed by atoms with Crippen molar-refractivity contribution in [3.05, 3.63) is 0 Å². The molecule has 1 atom stereocenters. The third-order valence-corrected chi connectivity index (χ3v) is 7.77. The van der Waals surface area contributed by atoms with Crippen LogP contribution < -0.4 is 0 Å². The quantitative estimate of drug-likeness (QED) is 0.495. The second-order valence-electron chi connectivity index (χ2n) is 6.70. The topological polar surface area (TPSA) is 95.0 Å². The van der Waals surface area contributed by atoms with Crippen molar-refractivity contribution in [2.75, 3.05) is 26.2 Å². The monoisotopic (exact) mass is 444 g/mol. The molecule has 0 aromatic heterocycles. The second kappa shape index (κ2) is 7.69. The smallest absolute Gasteiger partial charge is 0.300 e. The number of halogens is 5. The molecule has 1 unspecified atom stereocenters. The zero-order chi connectivity index (χ0) is 20.7. The summed E-state index contributed by atoms with van der Waals surface area (Å²) < 4.78 is 121. The average Bonchev–Trinajstić information content (AvgIpc) is 2.60. The zero-order valence-electron chi connectivity index (χ0n) is 14.2. The summed E-state index contributed by atoms with van der Waals surface area (Å²) in [5.74, 6) is -6.16. The predicted octanol–water partition coefficient (Wildman–Crippen LogP) is 1.68. The molecule has 14 heteroatoms. The van der Waals surface area contributed by atoms with Gasteiger partial charge in [-0.1, -0.05) is 6.42 Å².